The molecule has 2 rings (SSSR count). The van der Waals surface area contributed by atoms with Gasteiger partial charge in [0, 0.05) is 32.0 Å². The highest BCUT2D eigenvalue weighted by Gasteiger charge is 2.07. The Morgan fingerprint density at radius 2 is 1.83 bits per heavy atom. The topological polar surface area (TPSA) is 37.4 Å². The van der Waals surface area contributed by atoms with Gasteiger partial charge in [0.25, 0.3) is 0 Å². The van der Waals surface area contributed by atoms with Crippen LogP contribution in [-0.2, 0) is 13.0 Å². The van der Waals surface area contributed by atoms with Gasteiger partial charge in [0.1, 0.15) is 5.75 Å². The Morgan fingerprint density at radius 3 is 2.43 bits per heavy atom. The minimum absolute atomic E-state index is 0.790. The molecule has 0 aliphatic heterocycles. The first-order valence-electron chi connectivity index (χ1n) is 7.77. The summed E-state index contributed by atoms with van der Waals surface area (Å²) >= 11 is 5.51. The third kappa shape index (κ3) is 5.53. The van der Waals surface area contributed by atoms with Gasteiger partial charge in [-0.1, -0.05) is 12.1 Å². The molecule has 122 valence electrons. The molecule has 0 spiro atoms. The molecule has 1 heterocycles. The Bertz CT molecular complexity index is 601. The zero-order valence-electron chi connectivity index (χ0n) is 13.7. The molecule has 0 amide bonds. The average Bonchev–Trinajstić information content (AvgIpc) is 2.61. The van der Waals surface area contributed by atoms with Crippen molar-refractivity contribution >= 4 is 17.3 Å². The Morgan fingerprint density at radius 1 is 1.13 bits per heavy atom. The van der Waals surface area contributed by atoms with E-state index in [1.165, 1.54) is 11.1 Å². The van der Waals surface area contributed by atoms with Gasteiger partial charge in [-0.25, -0.2) is 0 Å². The van der Waals surface area contributed by atoms with Gasteiger partial charge in [-0.2, -0.15) is 0 Å². The van der Waals surface area contributed by atoms with Gasteiger partial charge < -0.3 is 15.0 Å². The molecule has 0 aliphatic rings. The number of nitrogens with one attached hydrogen (secondary N) is 1. The summed E-state index contributed by atoms with van der Waals surface area (Å²) in [5.74, 6) is 0.881. The molecule has 0 fully saturated rings. The Kier molecular flexibility index (Phi) is 6.81. The minimum Gasteiger partial charge on any atom is -0.497 e. The van der Waals surface area contributed by atoms with Gasteiger partial charge in [-0.15, -0.1) is 0 Å². The first-order valence-corrected chi connectivity index (χ1v) is 8.18. The zero-order chi connectivity index (χ0) is 16.5. The summed E-state index contributed by atoms with van der Waals surface area (Å²) in [6, 6.07) is 12.2. The molecule has 0 saturated heterocycles. The second kappa shape index (κ2) is 9.10. The molecule has 4 nitrogen and oxygen atoms in total. The number of thiocarbonyl (C=S) groups is 1. The van der Waals surface area contributed by atoms with E-state index in [1.807, 2.05) is 36.7 Å². The number of hydrogen-bond acceptors (Lipinski definition) is 3. The molecule has 0 atom stereocenters. The fraction of sp³-hybridized carbons (Fsp3) is 0.333. The lowest BCUT2D eigenvalue weighted by Gasteiger charge is -2.24. The van der Waals surface area contributed by atoms with E-state index in [0.29, 0.717) is 0 Å². The highest BCUT2D eigenvalue weighted by molar-refractivity contribution is 7.80. The van der Waals surface area contributed by atoms with Crippen molar-refractivity contribution in [2.24, 2.45) is 0 Å². The van der Waals surface area contributed by atoms with Crippen LogP contribution in [-0.4, -0.2) is 35.2 Å². The molecule has 0 saturated carbocycles. The maximum atomic E-state index is 5.51. The fourth-order valence-electron chi connectivity index (χ4n) is 2.25. The molecular formula is C18H23N3OS. The molecular weight excluding hydrogens is 306 g/mol. The number of aromatic nitrogens is 1. The van der Waals surface area contributed by atoms with Crippen LogP contribution >= 0.6 is 12.2 Å². The summed E-state index contributed by atoms with van der Waals surface area (Å²) in [7, 11) is 1.68. The quantitative estimate of drug-likeness (QED) is 0.790. The number of ether oxygens (including phenoxy) is 1. The van der Waals surface area contributed by atoms with E-state index < -0.39 is 0 Å². The van der Waals surface area contributed by atoms with Crippen LogP contribution < -0.4 is 10.1 Å². The van der Waals surface area contributed by atoms with E-state index in [1.54, 1.807) is 7.11 Å². The lowest BCUT2D eigenvalue weighted by atomic mass is 10.1. The third-order valence-electron chi connectivity index (χ3n) is 3.64. The summed E-state index contributed by atoms with van der Waals surface area (Å²) in [4.78, 5) is 6.19. The predicted molar refractivity (Wildman–Crippen MR) is 97.6 cm³/mol. The van der Waals surface area contributed by atoms with Crippen LogP contribution in [0.5, 0.6) is 5.75 Å². The second-order valence-corrected chi connectivity index (χ2v) is 5.59. The normalized spacial score (nSPS) is 10.2. The van der Waals surface area contributed by atoms with Crippen molar-refractivity contribution < 1.29 is 4.74 Å². The number of rotatable bonds is 7. The summed E-state index contributed by atoms with van der Waals surface area (Å²) in [6.07, 6.45) is 4.55. The van der Waals surface area contributed by atoms with Crippen molar-refractivity contribution in [1.82, 2.24) is 15.2 Å². The second-order valence-electron chi connectivity index (χ2n) is 5.20. The third-order valence-corrected chi connectivity index (χ3v) is 4.04. The molecule has 2 aromatic rings. The zero-order valence-corrected chi connectivity index (χ0v) is 14.5. The maximum Gasteiger partial charge on any atom is 0.169 e. The smallest absolute Gasteiger partial charge is 0.169 e. The van der Waals surface area contributed by atoms with Gasteiger partial charge >= 0.3 is 0 Å². The minimum atomic E-state index is 0.790. The standard InChI is InChI=1S/C18H23N3OS/c1-3-21(14-16-8-11-19-12-9-16)18(23)20-13-10-15-4-6-17(22-2)7-5-15/h4-9,11-12H,3,10,13-14H2,1-2H3,(H,20,23). The number of pyridine rings is 1. The number of methoxy groups -OCH3 is 1. The van der Waals surface area contributed by atoms with Crippen LogP contribution in [0.25, 0.3) is 0 Å². The lowest BCUT2D eigenvalue weighted by molar-refractivity contribution is 0.414. The van der Waals surface area contributed by atoms with E-state index in [0.717, 1.165) is 36.9 Å². The average molecular weight is 329 g/mol. The lowest BCUT2D eigenvalue weighted by Crippen LogP contribution is -2.40. The highest BCUT2D eigenvalue weighted by atomic mass is 32.1. The molecule has 1 aromatic heterocycles. The summed E-state index contributed by atoms with van der Waals surface area (Å²) in [6.45, 7) is 4.60. The molecule has 0 bridgehead atoms. The molecule has 0 radical (unpaired) electrons. The number of hydrogen-bond donors (Lipinski definition) is 1. The molecule has 1 aromatic carbocycles. The first-order chi connectivity index (χ1) is 11.2. The van der Waals surface area contributed by atoms with E-state index in [2.05, 4.69) is 34.3 Å². The van der Waals surface area contributed by atoms with Crippen LogP contribution in [0.3, 0.4) is 0 Å². The van der Waals surface area contributed by atoms with Gasteiger partial charge in [0.15, 0.2) is 5.11 Å². The summed E-state index contributed by atoms with van der Waals surface area (Å²) in [5, 5.41) is 4.13. The summed E-state index contributed by atoms with van der Waals surface area (Å²) in [5.41, 5.74) is 2.47. The monoisotopic (exact) mass is 329 g/mol. The molecule has 0 aliphatic carbocycles. The van der Waals surface area contributed by atoms with Crippen molar-refractivity contribution in [3.05, 3.63) is 59.9 Å². The van der Waals surface area contributed by atoms with Crippen molar-refractivity contribution in [2.45, 2.75) is 19.9 Å². The maximum absolute atomic E-state index is 5.51. The van der Waals surface area contributed by atoms with E-state index >= 15 is 0 Å². The largest absolute Gasteiger partial charge is 0.497 e. The Hall–Kier alpha value is -2.14. The SMILES string of the molecule is CCN(Cc1ccncc1)C(=S)NCCc1ccc(OC)cc1. The van der Waals surface area contributed by atoms with Crippen LogP contribution in [0.15, 0.2) is 48.8 Å². The predicted octanol–water partition coefficient (Wildman–Crippen LogP) is 3.03. The van der Waals surface area contributed by atoms with Gasteiger partial charge in [-0.3, -0.25) is 4.98 Å². The molecule has 23 heavy (non-hydrogen) atoms. The number of nitrogens with zero attached hydrogens (tertiary/aromatic N) is 2. The molecule has 5 heteroatoms. The van der Waals surface area contributed by atoms with Crippen LogP contribution in [0.1, 0.15) is 18.1 Å². The van der Waals surface area contributed by atoms with E-state index in [9.17, 15) is 0 Å². The fourth-order valence-corrected chi connectivity index (χ4v) is 2.55. The van der Waals surface area contributed by atoms with Crippen LogP contribution in [0.2, 0.25) is 0 Å². The van der Waals surface area contributed by atoms with Gasteiger partial charge in [0.2, 0.25) is 0 Å². The van der Waals surface area contributed by atoms with Crippen molar-refractivity contribution in [3.63, 3.8) is 0 Å². The van der Waals surface area contributed by atoms with Gasteiger partial charge in [-0.05, 0) is 61.0 Å². The summed E-state index contributed by atoms with van der Waals surface area (Å²) < 4.78 is 5.17. The van der Waals surface area contributed by atoms with Crippen LogP contribution in [0.4, 0.5) is 0 Å². The van der Waals surface area contributed by atoms with Crippen LogP contribution in [0, 0.1) is 0 Å². The molecule has 1 N–H and O–H groups in total. The van der Waals surface area contributed by atoms with Crippen molar-refractivity contribution in [2.75, 3.05) is 20.2 Å². The van der Waals surface area contributed by atoms with E-state index in [4.69, 9.17) is 17.0 Å². The highest BCUT2D eigenvalue weighted by Crippen LogP contribution is 2.11. The van der Waals surface area contributed by atoms with Gasteiger partial charge in [0.05, 0.1) is 7.11 Å². The Labute approximate surface area is 143 Å². The molecule has 0 unspecified atom stereocenters. The first kappa shape index (κ1) is 17.2. The van der Waals surface area contributed by atoms with Crippen molar-refractivity contribution in [1.29, 1.82) is 0 Å². The van der Waals surface area contributed by atoms with Crippen molar-refractivity contribution in [3.8, 4) is 5.75 Å². The number of benzene rings is 1. The Balaban J connectivity index is 1.80. The van der Waals surface area contributed by atoms with E-state index in [-0.39, 0.29) is 0 Å².